The van der Waals surface area contributed by atoms with Gasteiger partial charge in [-0.1, -0.05) is 0 Å². The molecule has 0 fully saturated rings. The van der Waals surface area contributed by atoms with Crippen LogP contribution in [0.15, 0.2) is 12.1 Å². The summed E-state index contributed by atoms with van der Waals surface area (Å²) < 4.78 is 21.4. The van der Waals surface area contributed by atoms with Crippen LogP contribution in [0, 0.1) is 0 Å². The second kappa shape index (κ2) is 7.36. The van der Waals surface area contributed by atoms with E-state index in [2.05, 4.69) is 5.32 Å². The molecule has 1 aromatic carbocycles. The molecule has 0 saturated carbocycles. The minimum atomic E-state index is -0.215. The highest BCUT2D eigenvalue weighted by Gasteiger charge is 2.17. The predicted octanol–water partition coefficient (Wildman–Crippen LogP) is 2.23. The van der Waals surface area contributed by atoms with Crippen LogP contribution < -0.4 is 19.5 Å². The highest BCUT2D eigenvalue weighted by molar-refractivity contribution is 5.50. The van der Waals surface area contributed by atoms with Gasteiger partial charge in [0.25, 0.3) is 0 Å². The Bertz CT molecular complexity index is 407. The Morgan fingerprint density at radius 2 is 1.50 bits per heavy atom. The standard InChI is InChI=1S/C15H25NO4/c1-15(2,20-6)10-16-9-12-13(18-4)7-11(17-3)8-14(12)19-5/h7-8,16H,9-10H2,1-6H3. The molecule has 1 N–H and O–H groups in total. The first-order chi connectivity index (χ1) is 9.47. The second-order valence-corrected chi connectivity index (χ2v) is 5.08. The first kappa shape index (κ1) is 16.6. The summed E-state index contributed by atoms with van der Waals surface area (Å²) >= 11 is 0. The molecule has 0 aliphatic carbocycles. The third-order valence-corrected chi connectivity index (χ3v) is 3.22. The summed E-state index contributed by atoms with van der Waals surface area (Å²) in [5.74, 6) is 2.19. The molecule has 5 nitrogen and oxygen atoms in total. The quantitative estimate of drug-likeness (QED) is 0.793. The number of ether oxygens (including phenoxy) is 4. The molecule has 0 saturated heterocycles. The molecule has 5 heteroatoms. The van der Waals surface area contributed by atoms with Gasteiger partial charge in [-0.25, -0.2) is 0 Å². The minimum absolute atomic E-state index is 0.215. The van der Waals surface area contributed by atoms with Gasteiger partial charge in [0.15, 0.2) is 0 Å². The lowest BCUT2D eigenvalue weighted by atomic mass is 10.1. The van der Waals surface area contributed by atoms with E-state index in [1.54, 1.807) is 28.4 Å². The van der Waals surface area contributed by atoms with Gasteiger partial charge in [-0.15, -0.1) is 0 Å². The molecule has 0 aliphatic heterocycles. The molecule has 114 valence electrons. The Labute approximate surface area is 121 Å². The Morgan fingerprint density at radius 1 is 0.950 bits per heavy atom. The molecule has 0 bridgehead atoms. The fraction of sp³-hybridized carbons (Fsp3) is 0.600. The Kier molecular flexibility index (Phi) is 6.10. The molecule has 20 heavy (non-hydrogen) atoms. The largest absolute Gasteiger partial charge is 0.496 e. The van der Waals surface area contributed by atoms with Crippen LogP contribution in [-0.4, -0.2) is 40.6 Å². The Balaban J connectivity index is 2.87. The van der Waals surface area contributed by atoms with Crippen LogP contribution in [0.5, 0.6) is 17.2 Å². The smallest absolute Gasteiger partial charge is 0.130 e. The minimum Gasteiger partial charge on any atom is -0.496 e. The van der Waals surface area contributed by atoms with Crippen LogP contribution in [0.1, 0.15) is 19.4 Å². The Morgan fingerprint density at radius 3 is 1.90 bits per heavy atom. The third kappa shape index (κ3) is 4.28. The van der Waals surface area contributed by atoms with Crippen molar-refractivity contribution < 1.29 is 18.9 Å². The number of hydrogen-bond donors (Lipinski definition) is 1. The summed E-state index contributed by atoms with van der Waals surface area (Å²) in [5.41, 5.74) is 0.745. The average Bonchev–Trinajstić information content (AvgIpc) is 2.46. The maximum absolute atomic E-state index is 5.41. The van der Waals surface area contributed by atoms with Gasteiger partial charge in [-0.2, -0.15) is 0 Å². The predicted molar refractivity (Wildman–Crippen MR) is 78.9 cm³/mol. The van der Waals surface area contributed by atoms with Gasteiger partial charge in [-0.05, 0) is 13.8 Å². The number of rotatable bonds is 8. The van der Waals surface area contributed by atoms with Crippen molar-refractivity contribution in [3.63, 3.8) is 0 Å². The van der Waals surface area contributed by atoms with Gasteiger partial charge in [0.05, 0.1) is 32.5 Å². The van der Waals surface area contributed by atoms with E-state index in [-0.39, 0.29) is 5.60 Å². The van der Waals surface area contributed by atoms with Crippen molar-refractivity contribution in [2.45, 2.75) is 26.0 Å². The van der Waals surface area contributed by atoms with Crippen LogP contribution in [0.25, 0.3) is 0 Å². The van der Waals surface area contributed by atoms with Gasteiger partial charge in [0.2, 0.25) is 0 Å². The number of benzene rings is 1. The Hall–Kier alpha value is -1.46. The van der Waals surface area contributed by atoms with Crippen molar-refractivity contribution in [3.05, 3.63) is 17.7 Å². The summed E-state index contributed by atoms with van der Waals surface area (Å²) in [4.78, 5) is 0. The number of nitrogens with one attached hydrogen (secondary N) is 1. The molecule has 1 rings (SSSR count). The molecule has 0 unspecified atom stereocenters. The van der Waals surface area contributed by atoms with E-state index >= 15 is 0 Å². The number of hydrogen-bond acceptors (Lipinski definition) is 5. The molecular weight excluding hydrogens is 258 g/mol. The molecule has 0 aromatic heterocycles. The van der Waals surface area contributed by atoms with Crippen molar-refractivity contribution in [1.29, 1.82) is 0 Å². The third-order valence-electron chi connectivity index (χ3n) is 3.22. The van der Waals surface area contributed by atoms with E-state index in [1.165, 1.54) is 0 Å². The van der Waals surface area contributed by atoms with Crippen molar-refractivity contribution in [1.82, 2.24) is 5.32 Å². The molecule has 1 aromatic rings. The van der Waals surface area contributed by atoms with E-state index in [4.69, 9.17) is 18.9 Å². The summed E-state index contributed by atoms with van der Waals surface area (Å²) in [7, 11) is 6.59. The second-order valence-electron chi connectivity index (χ2n) is 5.08. The summed E-state index contributed by atoms with van der Waals surface area (Å²) in [6, 6.07) is 3.70. The zero-order valence-electron chi connectivity index (χ0n) is 13.2. The highest BCUT2D eigenvalue weighted by Crippen LogP contribution is 2.33. The highest BCUT2D eigenvalue weighted by atomic mass is 16.5. The van der Waals surface area contributed by atoms with E-state index in [0.29, 0.717) is 12.3 Å². The van der Waals surface area contributed by atoms with Crippen molar-refractivity contribution in [2.75, 3.05) is 35.0 Å². The van der Waals surface area contributed by atoms with Gasteiger partial charge in [0.1, 0.15) is 17.2 Å². The van der Waals surface area contributed by atoms with Gasteiger partial charge >= 0.3 is 0 Å². The fourth-order valence-corrected chi connectivity index (χ4v) is 1.81. The van der Waals surface area contributed by atoms with Crippen LogP contribution in [0.4, 0.5) is 0 Å². The summed E-state index contributed by atoms with van der Waals surface area (Å²) in [5, 5.41) is 3.35. The van der Waals surface area contributed by atoms with Crippen LogP contribution in [-0.2, 0) is 11.3 Å². The van der Waals surface area contributed by atoms with Crippen LogP contribution >= 0.6 is 0 Å². The maximum atomic E-state index is 5.41. The van der Waals surface area contributed by atoms with Crippen molar-refractivity contribution >= 4 is 0 Å². The lowest BCUT2D eigenvalue weighted by Crippen LogP contribution is -2.36. The average molecular weight is 283 g/mol. The SMILES string of the molecule is COc1cc(OC)c(CNCC(C)(C)OC)c(OC)c1. The van der Waals surface area contributed by atoms with Gasteiger partial charge < -0.3 is 24.3 Å². The van der Waals surface area contributed by atoms with Crippen LogP contribution in [0.3, 0.4) is 0 Å². The summed E-state index contributed by atoms with van der Waals surface area (Å²) in [6.45, 7) is 5.41. The molecular formula is C15H25NO4. The monoisotopic (exact) mass is 283 g/mol. The van der Waals surface area contributed by atoms with Gasteiger partial charge in [-0.3, -0.25) is 0 Å². The normalized spacial score (nSPS) is 11.3. The van der Waals surface area contributed by atoms with E-state index in [9.17, 15) is 0 Å². The summed E-state index contributed by atoms with van der Waals surface area (Å²) in [6.07, 6.45) is 0. The zero-order chi connectivity index (χ0) is 15.2. The van der Waals surface area contributed by atoms with Crippen molar-refractivity contribution in [2.24, 2.45) is 0 Å². The number of methoxy groups -OCH3 is 4. The lowest BCUT2D eigenvalue weighted by molar-refractivity contribution is 0.0230. The topological polar surface area (TPSA) is 49.0 Å². The molecule has 0 radical (unpaired) electrons. The lowest BCUT2D eigenvalue weighted by Gasteiger charge is -2.24. The van der Waals surface area contributed by atoms with Gasteiger partial charge in [0, 0.05) is 32.3 Å². The molecule has 0 heterocycles. The molecule has 0 aliphatic rings. The van der Waals surface area contributed by atoms with E-state index in [1.807, 2.05) is 26.0 Å². The van der Waals surface area contributed by atoms with Crippen LogP contribution in [0.2, 0.25) is 0 Å². The van der Waals surface area contributed by atoms with Crippen molar-refractivity contribution in [3.8, 4) is 17.2 Å². The first-order valence-corrected chi connectivity index (χ1v) is 6.52. The molecule has 0 spiro atoms. The van der Waals surface area contributed by atoms with E-state index < -0.39 is 0 Å². The fourth-order valence-electron chi connectivity index (χ4n) is 1.81. The zero-order valence-corrected chi connectivity index (χ0v) is 13.2. The maximum Gasteiger partial charge on any atom is 0.130 e. The van der Waals surface area contributed by atoms with E-state index in [0.717, 1.165) is 23.6 Å². The first-order valence-electron chi connectivity index (χ1n) is 6.52. The molecule has 0 amide bonds. The molecule has 0 atom stereocenters.